The number of carbonyl (C=O) groups is 2. The zero-order chi connectivity index (χ0) is 14.4. The predicted molar refractivity (Wildman–Crippen MR) is 77.5 cm³/mol. The average Bonchev–Trinajstić information content (AvgIpc) is 2.62. The van der Waals surface area contributed by atoms with Crippen LogP contribution in [-0.4, -0.2) is 31.0 Å². The van der Waals surface area contributed by atoms with Crippen LogP contribution in [0.15, 0.2) is 0 Å². The third-order valence-electron chi connectivity index (χ3n) is 2.47. The number of rotatable bonds is 5. The molecule has 106 valence electrons. The molecule has 0 radical (unpaired) electrons. The third kappa shape index (κ3) is 4.11. The lowest BCUT2D eigenvalue weighted by molar-refractivity contribution is 0.0527. The van der Waals surface area contributed by atoms with E-state index >= 15 is 0 Å². The second-order valence-corrected chi connectivity index (χ2v) is 5.38. The Labute approximate surface area is 121 Å². The van der Waals surface area contributed by atoms with Gasteiger partial charge in [0.1, 0.15) is 5.00 Å². The number of thiophene rings is 1. The highest BCUT2D eigenvalue weighted by atomic mass is 35.5. The van der Waals surface area contributed by atoms with E-state index < -0.39 is 5.97 Å². The summed E-state index contributed by atoms with van der Waals surface area (Å²) in [7, 11) is 0. The topological polar surface area (TPSA) is 67.4 Å². The van der Waals surface area contributed by atoms with Crippen LogP contribution in [0.4, 0.5) is 9.80 Å². The smallest absolute Gasteiger partial charge is 0.341 e. The first-order chi connectivity index (χ1) is 9.01. The van der Waals surface area contributed by atoms with Crippen molar-refractivity contribution >= 4 is 39.9 Å². The van der Waals surface area contributed by atoms with Crippen LogP contribution in [-0.2, 0) is 4.74 Å². The van der Waals surface area contributed by atoms with Crippen molar-refractivity contribution in [3.63, 3.8) is 0 Å². The van der Waals surface area contributed by atoms with Gasteiger partial charge in [0.15, 0.2) is 0 Å². The Balaban J connectivity index is 2.91. The number of nitrogens with one attached hydrogen (secondary N) is 2. The maximum absolute atomic E-state index is 11.9. The summed E-state index contributed by atoms with van der Waals surface area (Å²) in [5.74, 6) is -0.0855. The van der Waals surface area contributed by atoms with Crippen molar-refractivity contribution in [2.75, 3.05) is 24.3 Å². The zero-order valence-corrected chi connectivity index (χ0v) is 12.7. The van der Waals surface area contributed by atoms with Crippen LogP contribution < -0.4 is 10.6 Å². The highest BCUT2D eigenvalue weighted by Crippen LogP contribution is 2.32. The number of urea groups is 1. The van der Waals surface area contributed by atoms with E-state index in [1.807, 2.05) is 13.8 Å². The van der Waals surface area contributed by atoms with Crippen molar-refractivity contribution in [1.29, 1.82) is 0 Å². The molecule has 1 aromatic heterocycles. The third-order valence-corrected chi connectivity index (χ3v) is 3.78. The van der Waals surface area contributed by atoms with Gasteiger partial charge in [0.05, 0.1) is 12.2 Å². The lowest BCUT2D eigenvalue weighted by Gasteiger charge is -2.07. The maximum Gasteiger partial charge on any atom is 0.341 e. The number of anilines is 1. The molecular weight excluding hydrogens is 288 g/mol. The van der Waals surface area contributed by atoms with Crippen LogP contribution >= 0.6 is 22.9 Å². The molecule has 0 atom stereocenters. The second-order valence-electron chi connectivity index (χ2n) is 3.78. The number of hydrogen-bond donors (Lipinski definition) is 2. The summed E-state index contributed by atoms with van der Waals surface area (Å²) in [6, 6.07) is -0.382. The van der Waals surface area contributed by atoms with Gasteiger partial charge < -0.3 is 10.1 Å². The number of carbonyl (C=O) groups excluding carboxylic acids is 2. The van der Waals surface area contributed by atoms with Crippen LogP contribution in [0.2, 0.25) is 0 Å². The average molecular weight is 305 g/mol. The van der Waals surface area contributed by atoms with E-state index in [1.54, 1.807) is 6.92 Å². The van der Waals surface area contributed by atoms with Gasteiger partial charge in [-0.2, -0.15) is 0 Å². The molecule has 0 saturated carbocycles. The Morgan fingerprint density at radius 3 is 2.63 bits per heavy atom. The minimum Gasteiger partial charge on any atom is -0.462 e. The Morgan fingerprint density at radius 1 is 1.37 bits per heavy atom. The fourth-order valence-corrected chi connectivity index (χ4v) is 2.61. The molecule has 0 saturated heterocycles. The summed E-state index contributed by atoms with van der Waals surface area (Å²) < 4.78 is 5.00. The van der Waals surface area contributed by atoms with E-state index in [0.29, 0.717) is 29.6 Å². The Kier molecular flexibility index (Phi) is 6.11. The molecule has 0 bridgehead atoms. The molecule has 0 fully saturated rings. The summed E-state index contributed by atoms with van der Waals surface area (Å²) >= 11 is 6.84. The summed E-state index contributed by atoms with van der Waals surface area (Å²) in [6.45, 7) is 6.13. The van der Waals surface area contributed by atoms with Gasteiger partial charge in [-0.15, -0.1) is 22.9 Å². The van der Waals surface area contributed by atoms with Gasteiger partial charge in [0.2, 0.25) is 0 Å². The van der Waals surface area contributed by atoms with Gasteiger partial charge in [-0.25, -0.2) is 9.59 Å². The number of alkyl halides is 1. The van der Waals surface area contributed by atoms with Crippen molar-refractivity contribution in [3.8, 4) is 0 Å². The minimum atomic E-state index is -0.419. The highest BCUT2D eigenvalue weighted by Gasteiger charge is 2.21. The molecule has 5 nitrogen and oxygen atoms in total. The van der Waals surface area contributed by atoms with Gasteiger partial charge in [0.25, 0.3) is 0 Å². The van der Waals surface area contributed by atoms with E-state index in [4.69, 9.17) is 16.3 Å². The van der Waals surface area contributed by atoms with Crippen LogP contribution in [0.1, 0.15) is 27.7 Å². The fourth-order valence-electron chi connectivity index (χ4n) is 1.47. The van der Waals surface area contributed by atoms with Crippen molar-refractivity contribution in [2.24, 2.45) is 0 Å². The van der Waals surface area contributed by atoms with E-state index in [-0.39, 0.29) is 6.03 Å². The van der Waals surface area contributed by atoms with Crippen LogP contribution in [0.3, 0.4) is 0 Å². The first-order valence-corrected chi connectivity index (χ1v) is 7.24. The summed E-state index contributed by atoms with van der Waals surface area (Å²) in [5, 5.41) is 5.74. The van der Waals surface area contributed by atoms with Gasteiger partial charge >= 0.3 is 12.0 Å². The molecule has 0 aliphatic carbocycles. The maximum atomic E-state index is 11.9. The number of halogens is 1. The molecule has 1 rings (SSSR count). The van der Waals surface area contributed by atoms with Gasteiger partial charge in [-0.1, -0.05) is 0 Å². The normalized spacial score (nSPS) is 10.1. The second kappa shape index (κ2) is 7.35. The molecule has 0 aliphatic heterocycles. The summed E-state index contributed by atoms with van der Waals surface area (Å²) in [4.78, 5) is 24.5. The molecule has 1 aromatic rings. The van der Waals surface area contributed by atoms with E-state index in [0.717, 1.165) is 10.4 Å². The number of esters is 1. The molecule has 0 unspecified atom stereocenters. The van der Waals surface area contributed by atoms with Crippen LogP contribution in [0.5, 0.6) is 0 Å². The zero-order valence-electron chi connectivity index (χ0n) is 11.1. The van der Waals surface area contributed by atoms with E-state index in [1.165, 1.54) is 11.3 Å². The highest BCUT2D eigenvalue weighted by molar-refractivity contribution is 7.16. The molecule has 0 aromatic carbocycles. The van der Waals surface area contributed by atoms with E-state index in [2.05, 4.69) is 10.6 Å². The van der Waals surface area contributed by atoms with Crippen molar-refractivity contribution in [1.82, 2.24) is 5.32 Å². The monoisotopic (exact) mass is 304 g/mol. The molecular formula is C12H17ClN2O3S. The van der Waals surface area contributed by atoms with E-state index in [9.17, 15) is 9.59 Å². The lowest BCUT2D eigenvalue weighted by Crippen LogP contribution is -2.30. The first kappa shape index (κ1) is 15.8. The molecule has 1 heterocycles. The first-order valence-electron chi connectivity index (χ1n) is 5.89. The lowest BCUT2D eigenvalue weighted by atomic mass is 10.1. The molecule has 0 spiro atoms. The fraction of sp³-hybridized carbons (Fsp3) is 0.500. The van der Waals surface area contributed by atoms with Crippen molar-refractivity contribution in [2.45, 2.75) is 20.8 Å². The molecule has 2 N–H and O–H groups in total. The number of ether oxygens (including phenoxy) is 1. The van der Waals surface area contributed by atoms with Gasteiger partial charge in [-0.3, -0.25) is 5.32 Å². The molecule has 7 heteroatoms. The van der Waals surface area contributed by atoms with Crippen molar-refractivity contribution in [3.05, 3.63) is 16.0 Å². The SMILES string of the molecule is CCOC(=O)c1c(NC(=O)NCCCl)sc(C)c1C. The standard InChI is InChI=1S/C12H17ClN2O3S/c1-4-18-11(16)9-7(2)8(3)19-10(9)15-12(17)14-6-5-13/h4-6H2,1-3H3,(H2,14,15,17). The van der Waals surface area contributed by atoms with Gasteiger partial charge in [-0.05, 0) is 26.3 Å². The Hall–Kier alpha value is -1.27. The Bertz CT molecular complexity index is 474. The number of amides is 2. The minimum absolute atomic E-state index is 0.297. The van der Waals surface area contributed by atoms with Gasteiger partial charge in [0, 0.05) is 17.3 Å². The van der Waals surface area contributed by atoms with Crippen LogP contribution in [0, 0.1) is 13.8 Å². The number of aryl methyl sites for hydroxylation is 1. The summed E-state index contributed by atoms with van der Waals surface area (Å²) in [6.07, 6.45) is 0. The molecule has 2 amide bonds. The van der Waals surface area contributed by atoms with Crippen LogP contribution in [0.25, 0.3) is 0 Å². The Morgan fingerprint density at radius 2 is 2.05 bits per heavy atom. The molecule has 19 heavy (non-hydrogen) atoms. The largest absolute Gasteiger partial charge is 0.462 e. The summed E-state index contributed by atoms with van der Waals surface area (Å²) in [5.41, 5.74) is 1.25. The van der Waals surface area contributed by atoms with Crippen molar-refractivity contribution < 1.29 is 14.3 Å². The number of hydrogen-bond acceptors (Lipinski definition) is 4. The molecule has 0 aliphatic rings. The quantitative estimate of drug-likeness (QED) is 0.649. The predicted octanol–water partition coefficient (Wildman–Crippen LogP) is 2.90.